The van der Waals surface area contributed by atoms with Crippen molar-refractivity contribution in [1.29, 1.82) is 0 Å². The van der Waals surface area contributed by atoms with Crippen LogP contribution in [0.2, 0.25) is 0 Å². The smallest absolute Gasteiger partial charge is 0.311 e. The number of carbonyl (C=O) groups is 1. The van der Waals surface area contributed by atoms with Crippen LogP contribution in [0.1, 0.15) is 6.42 Å². The van der Waals surface area contributed by atoms with Crippen LogP contribution in [-0.4, -0.2) is 29.4 Å². The van der Waals surface area contributed by atoms with Crippen LogP contribution in [0.25, 0.3) is 0 Å². The van der Waals surface area contributed by atoms with Gasteiger partial charge in [-0.25, -0.2) is 0 Å². The third-order valence-electron chi connectivity index (χ3n) is 2.01. The molecule has 1 heterocycles. The zero-order chi connectivity index (χ0) is 12.8. The fourth-order valence-electron chi connectivity index (χ4n) is 1.16. The number of rotatable bonds is 5. The average Bonchev–Trinajstić information content (AvgIpc) is 2.30. The first-order chi connectivity index (χ1) is 8.06. The first-order valence-corrected chi connectivity index (χ1v) is 5.58. The minimum atomic E-state index is -0.528. The number of hydrogen-bond donors (Lipinski definition) is 2. The summed E-state index contributed by atoms with van der Waals surface area (Å²) in [5.41, 5.74) is 0.199. The molecule has 1 aromatic heterocycles. The molecular formula is C9H11BrN4O3. The van der Waals surface area contributed by atoms with Gasteiger partial charge in [0.15, 0.2) is 0 Å². The van der Waals surface area contributed by atoms with E-state index < -0.39 is 4.92 Å². The maximum atomic E-state index is 11.0. The van der Waals surface area contributed by atoms with E-state index in [-0.39, 0.29) is 18.0 Å². The van der Waals surface area contributed by atoms with E-state index in [0.717, 1.165) is 6.20 Å². The summed E-state index contributed by atoms with van der Waals surface area (Å²) in [6, 6.07) is 0. The molecule has 7 nitrogen and oxygen atoms in total. The molecule has 2 N–H and O–H groups in total. The minimum absolute atomic E-state index is 0.128. The monoisotopic (exact) mass is 302 g/mol. The zero-order valence-corrected chi connectivity index (χ0v) is 10.7. The first kappa shape index (κ1) is 13.4. The number of carbonyl (C=O) groups excluding carboxylic acids is 1. The first-order valence-electron chi connectivity index (χ1n) is 4.78. The molecule has 0 fully saturated rings. The highest BCUT2D eigenvalue weighted by molar-refractivity contribution is 9.10. The molecule has 0 bridgehead atoms. The molecule has 1 rings (SSSR count). The molecule has 0 atom stereocenters. The van der Waals surface area contributed by atoms with Gasteiger partial charge in [0, 0.05) is 26.2 Å². The minimum Gasteiger partial charge on any atom is -0.378 e. The largest absolute Gasteiger partial charge is 0.378 e. The molecular weight excluding hydrogens is 292 g/mol. The second kappa shape index (κ2) is 6.14. The topological polar surface area (TPSA) is 97.2 Å². The number of amides is 1. The summed E-state index contributed by atoms with van der Waals surface area (Å²) in [5, 5.41) is 16.1. The summed E-state index contributed by atoms with van der Waals surface area (Å²) in [7, 11) is 1.53. The van der Waals surface area contributed by atoms with Crippen molar-refractivity contribution in [3.8, 4) is 0 Å². The van der Waals surface area contributed by atoms with Gasteiger partial charge in [-0.2, -0.15) is 0 Å². The highest BCUT2D eigenvalue weighted by atomic mass is 79.9. The van der Waals surface area contributed by atoms with Crippen molar-refractivity contribution in [3.63, 3.8) is 0 Å². The number of nitro groups is 1. The summed E-state index contributed by atoms with van der Waals surface area (Å²) in [4.78, 5) is 24.9. The van der Waals surface area contributed by atoms with Gasteiger partial charge in [0.2, 0.25) is 5.91 Å². The average molecular weight is 303 g/mol. The van der Waals surface area contributed by atoms with Gasteiger partial charge < -0.3 is 10.6 Å². The number of aromatic nitrogens is 1. The second-order valence-corrected chi connectivity index (χ2v) is 3.98. The Bertz CT molecular complexity index is 438. The second-order valence-electron chi connectivity index (χ2n) is 3.12. The van der Waals surface area contributed by atoms with Crippen LogP contribution in [-0.2, 0) is 4.79 Å². The van der Waals surface area contributed by atoms with Crippen molar-refractivity contribution in [2.45, 2.75) is 6.42 Å². The quantitative estimate of drug-likeness (QED) is 0.631. The Morgan fingerprint density at radius 3 is 2.88 bits per heavy atom. The molecule has 0 aliphatic rings. The lowest BCUT2D eigenvalue weighted by Gasteiger charge is -2.07. The van der Waals surface area contributed by atoms with Crippen molar-refractivity contribution in [2.75, 3.05) is 18.9 Å². The fraction of sp³-hybridized carbons (Fsp3) is 0.333. The fourth-order valence-corrected chi connectivity index (χ4v) is 1.63. The van der Waals surface area contributed by atoms with Gasteiger partial charge >= 0.3 is 5.69 Å². The van der Waals surface area contributed by atoms with Crippen LogP contribution in [0.15, 0.2) is 16.9 Å². The van der Waals surface area contributed by atoms with E-state index in [1.165, 1.54) is 13.2 Å². The number of nitrogens with one attached hydrogen (secondary N) is 2. The molecule has 17 heavy (non-hydrogen) atoms. The van der Waals surface area contributed by atoms with Gasteiger partial charge in [0.05, 0.1) is 9.40 Å². The van der Waals surface area contributed by atoms with Gasteiger partial charge in [-0.3, -0.25) is 19.9 Å². The predicted molar refractivity (Wildman–Crippen MR) is 65.8 cm³/mol. The molecule has 0 unspecified atom stereocenters. The van der Waals surface area contributed by atoms with Crippen LogP contribution in [0.5, 0.6) is 0 Å². The summed E-state index contributed by atoms with van der Waals surface area (Å²) >= 11 is 3.17. The molecule has 0 aliphatic heterocycles. The molecule has 0 spiro atoms. The van der Waals surface area contributed by atoms with Crippen LogP contribution in [0.3, 0.4) is 0 Å². The highest BCUT2D eigenvalue weighted by Gasteiger charge is 2.16. The number of hydrogen-bond acceptors (Lipinski definition) is 5. The molecule has 0 radical (unpaired) electrons. The molecule has 0 saturated heterocycles. The van der Waals surface area contributed by atoms with Gasteiger partial charge in [-0.15, -0.1) is 0 Å². The molecule has 1 aromatic rings. The van der Waals surface area contributed by atoms with Crippen LogP contribution >= 0.6 is 15.9 Å². The molecule has 0 saturated carbocycles. The van der Waals surface area contributed by atoms with Gasteiger partial charge in [0.25, 0.3) is 0 Å². The maximum Gasteiger partial charge on any atom is 0.311 e. The number of anilines is 1. The van der Waals surface area contributed by atoms with Gasteiger partial charge in [0.1, 0.15) is 11.9 Å². The van der Waals surface area contributed by atoms with Crippen LogP contribution < -0.4 is 10.6 Å². The maximum absolute atomic E-state index is 11.0. The third kappa shape index (κ3) is 3.66. The Balaban J connectivity index is 2.76. The van der Waals surface area contributed by atoms with Crippen LogP contribution in [0.4, 0.5) is 11.4 Å². The van der Waals surface area contributed by atoms with Crippen molar-refractivity contribution >= 4 is 33.2 Å². The normalized spacial score (nSPS) is 9.76. The number of pyridine rings is 1. The standard InChI is InChI=1S/C9H11BrN4O3/c1-11-8(15)2-3-13-9-6(10)4-12-5-7(9)14(16)17/h4-5H,2-3H2,1H3,(H,11,15)(H,12,13). The van der Waals surface area contributed by atoms with Crippen molar-refractivity contribution in [1.82, 2.24) is 10.3 Å². The van der Waals surface area contributed by atoms with Gasteiger partial charge in [-0.05, 0) is 15.9 Å². The van der Waals surface area contributed by atoms with E-state index in [2.05, 4.69) is 31.5 Å². The molecule has 1 amide bonds. The lowest BCUT2D eigenvalue weighted by atomic mass is 10.3. The van der Waals surface area contributed by atoms with E-state index in [9.17, 15) is 14.9 Å². The number of nitrogens with zero attached hydrogens (tertiary/aromatic N) is 2. The highest BCUT2D eigenvalue weighted by Crippen LogP contribution is 2.30. The summed E-state index contributed by atoms with van der Waals surface area (Å²) in [6.45, 7) is 0.309. The molecule has 92 valence electrons. The van der Waals surface area contributed by atoms with Crippen LogP contribution in [0, 0.1) is 10.1 Å². The summed E-state index contributed by atoms with van der Waals surface area (Å²) < 4.78 is 0.489. The van der Waals surface area contributed by atoms with E-state index >= 15 is 0 Å². The van der Waals surface area contributed by atoms with E-state index in [0.29, 0.717) is 16.7 Å². The lowest BCUT2D eigenvalue weighted by Crippen LogP contribution is -2.21. The molecule has 0 aromatic carbocycles. The van der Waals surface area contributed by atoms with E-state index in [1.54, 1.807) is 0 Å². The Morgan fingerprint density at radius 1 is 1.59 bits per heavy atom. The van der Waals surface area contributed by atoms with Gasteiger partial charge in [-0.1, -0.05) is 0 Å². The predicted octanol–water partition coefficient (Wildman–Crippen LogP) is 1.30. The Hall–Kier alpha value is -1.70. The third-order valence-corrected chi connectivity index (χ3v) is 2.61. The molecule has 0 aliphatic carbocycles. The molecule has 8 heteroatoms. The number of halogens is 1. The zero-order valence-electron chi connectivity index (χ0n) is 9.07. The van der Waals surface area contributed by atoms with E-state index in [1.807, 2.05) is 0 Å². The Morgan fingerprint density at radius 2 is 2.29 bits per heavy atom. The van der Waals surface area contributed by atoms with Crippen molar-refractivity contribution < 1.29 is 9.72 Å². The lowest BCUT2D eigenvalue weighted by molar-refractivity contribution is -0.384. The SMILES string of the molecule is CNC(=O)CCNc1c(Br)cncc1[N+](=O)[O-]. The van der Waals surface area contributed by atoms with Crippen molar-refractivity contribution in [3.05, 3.63) is 27.0 Å². The Labute approximate surface area is 106 Å². The van der Waals surface area contributed by atoms with E-state index in [4.69, 9.17) is 0 Å². The Kier molecular flexibility index (Phi) is 4.83. The summed E-state index contributed by atoms with van der Waals surface area (Å²) in [6.07, 6.45) is 2.85. The van der Waals surface area contributed by atoms with Crippen molar-refractivity contribution in [2.24, 2.45) is 0 Å². The summed E-state index contributed by atoms with van der Waals surface area (Å²) in [5.74, 6) is -0.134.